The summed E-state index contributed by atoms with van der Waals surface area (Å²) in [7, 11) is 0. The molecule has 1 N–H and O–H groups in total. The minimum absolute atomic E-state index is 0.0124. The first-order valence-electron chi connectivity index (χ1n) is 11.2. The highest BCUT2D eigenvalue weighted by Gasteiger charge is 2.43. The molecule has 166 valence electrons. The number of likely N-dealkylation sites (tertiary alicyclic amines) is 1. The third-order valence-electron chi connectivity index (χ3n) is 6.41. The summed E-state index contributed by atoms with van der Waals surface area (Å²) in [6, 6.07) is 8.15. The fourth-order valence-electron chi connectivity index (χ4n) is 4.82. The maximum atomic E-state index is 13.3. The zero-order valence-electron chi connectivity index (χ0n) is 18.4. The molecule has 1 aromatic carbocycles. The molecule has 3 heterocycles. The lowest BCUT2D eigenvalue weighted by Crippen LogP contribution is -2.54. The van der Waals surface area contributed by atoms with E-state index in [0.29, 0.717) is 31.1 Å². The van der Waals surface area contributed by atoms with E-state index in [1.54, 1.807) is 0 Å². The summed E-state index contributed by atoms with van der Waals surface area (Å²) in [5.74, 6) is 0.981. The van der Waals surface area contributed by atoms with Crippen LogP contribution in [0.4, 0.5) is 0 Å². The zero-order chi connectivity index (χ0) is 21.8. The van der Waals surface area contributed by atoms with Gasteiger partial charge >= 0.3 is 0 Å². The van der Waals surface area contributed by atoms with Crippen molar-refractivity contribution in [3.63, 3.8) is 0 Å². The molecule has 1 aromatic heterocycles. The van der Waals surface area contributed by atoms with Crippen molar-refractivity contribution in [2.24, 2.45) is 5.41 Å². The van der Waals surface area contributed by atoms with Gasteiger partial charge in [-0.15, -0.1) is 11.3 Å². The van der Waals surface area contributed by atoms with E-state index >= 15 is 0 Å². The van der Waals surface area contributed by atoms with Crippen LogP contribution in [0.15, 0.2) is 24.3 Å². The molecule has 1 atom stereocenters. The molecule has 0 aliphatic carbocycles. The number of nitrogens with zero attached hydrogens (tertiary/aromatic N) is 2. The Hall–Kier alpha value is -2.41. The average molecular weight is 442 g/mol. The topological polar surface area (TPSA) is 71.5 Å². The van der Waals surface area contributed by atoms with Crippen LogP contribution in [-0.4, -0.2) is 47.9 Å². The lowest BCUT2D eigenvalue weighted by molar-refractivity contribution is -0.134. The number of aromatic nitrogens is 1. The van der Waals surface area contributed by atoms with Gasteiger partial charge in [-0.05, 0) is 57.6 Å². The van der Waals surface area contributed by atoms with Crippen molar-refractivity contribution < 1.29 is 14.3 Å². The van der Waals surface area contributed by atoms with Crippen molar-refractivity contribution in [2.45, 2.75) is 52.4 Å². The molecule has 0 radical (unpaired) electrons. The summed E-state index contributed by atoms with van der Waals surface area (Å²) in [6.45, 7) is 5.90. The van der Waals surface area contributed by atoms with Gasteiger partial charge in [-0.2, -0.15) is 0 Å². The Morgan fingerprint density at radius 1 is 1.19 bits per heavy atom. The summed E-state index contributed by atoms with van der Waals surface area (Å²) in [5.41, 5.74) is 1.48. The van der Waals surface area contributed by atoms with Crippen LogP contribution in [0.1, 0.15) is 58.0 Å². The highest BCUT2D eigenvalue weighted by Crippen LogP contribution is 2.37. The molecule has 2 aliphatic heterocycles. The van der Waals surface area contributed by atoms with Crippen LogP contribution in [0.3, 0.4) is 0 Å². The molecule has 6 nitrogen and oxygen atoms in total. The number of rotatable bonds is 1. The number of piperidine rings is 1. The smallest absolute Gasteiger partial charge is 0.265 e. The second-order valence-electron chi connectivity index (χ2n) is 8.68. The van der Waals surface area contributed by atoms with Crippen LogP contribution in [-0.2, 0) is 11.2 Å². The monoisotopic (exact) mass is 441 g/mol. The molecule has 2 aliphatic rings. The van der Waals surface area contributed by atoms with Gasteiger partial charge in [0.15, 0.2) is 0 Å². The predicted octanol–water partition coefficient (Wildman–Crippen LogP) is 3.90. The highest BCUT2D eigenvalue weighted by atomic mass is 32.1. The van der Waals surface area contributed by atoms with Gasteiger partial charge in [-0.1, -0.05) is 24.6 Å². The van der Waals surface area contributed by atoms with E-state index in [-0.39, 0.29) is 11.8 Å². The number of fused-ring (bicyclic) bond motifs is 1. The molecule has 1 fully saturated rings. The van der Waals surface area contributed by atoms with E-state index in [9.17, 15) is 9.59 Å². The Morgan fingerprint density at radius 2 is 2.00 bits per heavy atom. The third kappa shape index (κ3) is 4.76. The van der Waals surface area contributed by atoms with Crippen LogP contribution in [0.25, 0.3) is 0 Å². The summed E-state index contributed by atoms with van der Waals surface area (Å²) in [6.07, 6.45) is 5.34. The zero-order valence-corrected chi connectivity index (χ0v) is 19.2. The molecule has 0 saturated carbocycles. The highest BCUT2D eigenvalue weighted by molar-refractivity contribution is 7.13. The lowest BCUT2D eigenvalue weighted by atomic mass is 9.74. The molecule has 7 heteroatoms. The number of hydrogen-bond acceptors (Lipinski definition) is 5. The van der Waals surface area contributed by atoms with E-state index in [2.05, 4.69) is 16.4 Å². The summed E-state index contributed by atoms with van der Waals surface area (Å²) in [5, 5.41) is 3.99. The van der Waals surface area contributed by atoms with Crippen LogP contribution >= 0.6 is 11.3 Å². The maximum absolute atomic E-state index is 13.3. The molecule has 31 heavy (non-hydrogen) atoms. The SMILES string of the molecule is Cc1nc(C)c(C(=O)N2CCCC3(CCCCc4ccccc4OCCNC3=O)C2)s1. The molecule has 0 bridgehead atoms. The summed E-state index contributed by atoms with van der Waals surface area (Å²) >= 11 is 1.44. The second kappa shape index (κ2) is 9.39. The van der Waals surface area contributed by atoms with Gasteiger partial charge in [0, 0.05) is 13.1 Å². The third-order valence-corrected chi connectivity index (χ3v) is 7.47. The number of carbonyl (C=O) groups is 2. The summed E-state index contributed by atoms with van der Waals surface area (Å²) < 4.78 is 5.93. The van der Waals surface area contributed by atoms with Gasteiger partial charge in [0.05, 0.1) is 22.7 Å². The minimum Gasteiger partial charge on any atom is -0.491 e. The molecule has 1 saturated heterocycles. The second-order valence-corrected chi connectivity index (χ2v) is 9.88. The number of para-hydroxylation sites is 1. The first-order chi connectivity index (χ1) is 15.0. The van der Waals surface area contributed by atoms with E-state index < -0.39 is 5.41 Å². The quantitative estimate of drug-likeness (QED) is 0.729. The minimum atomic E-state index is -0.528. The lowest BCUT2D eigenvalue weighted by Gasteiger charge is -2.42. The van der Waals surface area contributed by atoms with E-state index in [1.807, 2.05) is 36.9 Å². The number of benzene rings is 1. The molecule has 1 unspecified atom stereocenters. The molecule has 4 rings (SSSR count). The Balaban J connectivity index is 1.51. The number of aryl methyl sites for hydroxylation is 3. The first kappa shape index (κ1) is 21.8. The van der Waals surface area contributed by atoms with Crippen LogP contribution in [0.2, 0.25) is 0 Å². The van der Waals surface area contributed by atoms with Crippen molar-refractivity contribution in [1.29, 1.82) is 0 Å². The van der Waals surface area contributed by atoms with Gasteiger partial charge in [0.1, 0.15) is 17.2 Å². The normalized spacial score (nSPS) is 22.6. The fraction of sp³-hybridized carbons (Fsp3) is 0.542. The Kier molecular flexibility index (Phi) is 6.60. The summed E-state index contributed by atoms with van der Waals surface area (Å²) in [4.78, 5) is 33.5. The van der Waals surface area contributed by atoms with Crippen LogP contribution in [0.5, 0.6) is 5.75 Å². The van der Waals surface area contributed by atoms with Crippen molar-refractivity contribution in [2.75, 3.05) is 26.2 Å². The van der Waals surface area contributed by atoms with Crippen LogP contribution < -0.4 is 10.1 Å². The van der Waals surface area contributed by atoms with Gasteiger partial charge < -0.3 is 15.0 Å². The van der Waals surface area contributed by atoms with Crippen molar-refractivity contribution in [1.82, 2.24) is 15.2 Å². The Bertz CT molecular complexity index is 957. The first-order valence-corrected chi connectivity index (χ1v) is 12.0. The van der Waals surface area contributed by atoms with Crippen LogP contribution in [0, 0.1) is 19.3 Å². The fourth-order valence-corrected chi connectivity index (χ4v) is 5.71. The van der Waals surface area contributed by atoms with Gasteiger partial charge in [0.2, 0.25) is 5.91 Å². The number of hydrogen-bond donors (Lipinski definition) is 1. The number of ether oxygens (including phenoxy) is 1. The van der Waals surface area contributed by atoms with E-state index in [1.165, 1.54) is 16.9 Å². The predicted molar refractivity (Wildman–Crippen MR) is 122 cm³/mol. The largest absolute Gasteiger partial charge is 0.491 e. The van der Waals surface area contributed by atoms with Crippen molar-refractivity contribution >= 4 is 23.2 Å². The molecular formula is C24H31N3O3S. The molecular weight excluding hydrogens is 410 g/mol. The van der Waals surface area contributed by atoms with E-state index in [0.717, 1.165) is 55.0 Å². The number of thiazole rings is 1. The Labute approximate surface area is 188 Å². The van der Waals surface area contributed by atoms with Crippen molar-refractivity contribution in [3.8, 4) is 5.75 Å². The Morgan fingerprint density at radius 3 is 2.81 bits per heavy atom. The van der Waals surface area contributed by atoms with Gasteiger partial charge in [-0.3, -0.25) is 9.59 Å². The number of carbonyl (C=O) groups excluding carboxylic acids is 2. The molecule has 2 amide bonds. The van der Waals surface area contributed by atoms with Crippen molar-refractivity contribution in [3.05, 3.63) is 45.4 Å². The van der Waals surface area contributed by atoms with E-state index in [4.69, 9.17) is 4.74 Å². The standard InChI is InChI=1S/C24H31N3O3S/c1-17-21(31-18(2)26-17)22(28)27-14-7-12-24(16-27)11-6-5-9-19-8-3-4-10-20(19)30-15-13-25-23(24)29/h3-4,8,10H,5-7,9,11-16H2,1-2H3,(H,25,29). The number of amides is 2. The van der Waals surface area contributed by atoms with Gasteiger partial charge in [0.25, 0.3) is 5.91 Å². The average Bonchev–Trinajstić information content (AvgIpc) is 3.11. The number of nitrogens with one attached hydrogen (secondary N) is 1. The maximum Gasteiger partial charge on any atom is 0.265 e. The molecule has 2 aromatic rings. The molecule has 1 spiro atoms. The van der Waals surface area contributed by atoms with Gasteiger partial charge in [-0.25, -0.2) is 4.98 Å².